The summed E-state index contributed by atoms with van der Waals surface area (Å²) in [5.41, 5.74) is 0. The van der Waals surface area contributed by atoms with Crippen LogP contribution in [0, 0.1) is 0 Å². The Labute approximate surface area is 86.8 Å². The summed E-state index contributed by atoms with van der Waals surface area (Å²) in [7, 11) is 0. The summed E-state index contributed by atoms with van der Waals surface area (Å²) < 4.78 is 5.34. The molecule has 0 amide bonds. The Balaban J connectivity index is 0.000000845. The monoisotopic (exact) mass is 205 g/mol. The molecule has 0 radical (unpaired) electrons. The van der Waals surface area contributed by atoms with E-state index in [1.54, 1.807) is 0 Å². The Morgan fingerprint density at radius 1 is 0.923 bits per heavy atom. The SMILES string of the molecule is C1CCC(N[C@@H]2CCOC2)CC1.Cl. The minimum Gasteiger partial charge on any atom is -0.380 e. The highest BCUT2D eigenvalue weighted by Crippen LogP contribution is 2.18. The third-order valence-electron chi connectivity index (χ3n) is 3.01. The van der Waals surface area contributed by atoms with Crippen molar-refractivity contribution in [2.75, 3.05) is 13.2 Å². The highest BCUT2D eigenvalue weighted by molar-refractivity contribution is 5.85. The van der Waals surface area contributed by atoms with Crippen molar-refractivity contribution in [3.8, 4) is 0 Å². The van der Waals surface area contributed by atoms with Crippen molar-refractivity contribution in [1.82, 2.24) is 5.32 Å². The molecule has 0 unspecified atom stereocenters. The second kappa shape index (κ2) is 5.84. The molecule has 2 aliphatic rings. The van der Waals surface area contributed by atoms with Gasteiger partial charge in [0.25, 0.3) is 0 Å². The van der Waals surface area contributed by atoms with Crippen molar-refractivity contribution in [3.05, 3.63) is 0 Å². The van der Waals surface area contributed by atoms with Crippen LogP contribution < -0.4 is 5.32 Å². The minimum atomic E-state index is 0. The van der Waals surface area contributed by atoms with Crippen molar-refractivity contribution in [1.29, 1.82) is 0 Å². The van der Waals surface area contributed by atoms with E-state index in [1.165, 1.54) is 38.5 Å². The molecule has 0 aromatic heterocycles. The molecule has 0 aromatic carbocycles. The quantitative estimate of drug-likeness (QED) is 0.746. The molecule has 2 rings (SSSR count). The lowest BCUT2D eigenvalue weighted by atomic mass is 9.95. The topological polar surface area (TPSA) is 21.3 Å². The maximum absolute atomic E-state index is 5.34. The van der Waals surface area contributed by atoms with Gasteiger partial charge in [-0.05, 0) is 19.3 Å². The molecule has 13 heavy (non-hydrogen) atoms. The van der Waals surface area contributed by atoms with E-state index in [9.17, 15) is 0 Å². The van der Waals surface area contributed by atoms with Crippen LogP contribution in [0.1, 0.15) is 38.5 Å². The van der Waals surface area contributed by atoms with E-state index in [4.69, 9.17) is 4.74 Å². The van der Waals surface area contributed by atoms with Crippen LogP contribution >= 0.6 is 12.4 Å². The maximum Gasteiger partial charge on any atom is 0.0620 e. The lowest BCUT2D eigenvalue weighted by Crippen LogP contribution is -2.39. The van der Waals surface area contributed by atoms with Gasteiger partial charge in [-0.1, -0.05) is 19.3 Å². The van der Waals surface area contributed by atoms with Crippen LogP contribution in [0.4, 0.5) is 0 Å². The summed E-state index contributed by atoms with van der Waals surface area (Å²) in [4.78, 5) is 0. The molecule has 1 heterocycles. The number of hydrogen-bond acceptors (Lipinski definition) is 2. The summed E-state index contributed by atoms with van der Waals surface area (Å²) in [6.45, 7) is 1.90. The molecule has 0 spiro atoms. The van der Waals surface area contributed by atoms with Gasteiger partial charge in [-0.2, -0.15) is 0 Å². The molecular weight excluding hydrogens is 186 g/mol. The molecule has 1 saturated carbocycles. The standard InChI is InChI=1S/C10H19NO.ClH/c1-2-4-9(5-3-1)11-10-6-7-12-8-10;/h9-11H,1-8H2;1H/t10-;/m1./s1. The first-order valence-corrected chi connectivity index (χ1v) is 5.29. The van der Waals surface area contributed by atoms with Crippen LogP contribution in [0.25, 0.3) is 0 Å². The molecule has 1 aliphatic heterocycles. The fourth-order valence-corrected chi connectivity index (χ4v) is 2.27. The van der Waals surface area contributed by atoms with E-state index in [2.05, 4.69) is 5.32 Å². The van der Waals surface area contributed by atoms with Gasteiger partial charge in [0.2, 0.25) is 0 Å². The van der Waals surface area contributed by atoms with Gasteiger partial charge in [-0.3, -0.25) is 0 Å². The van der Waals surface area contributed by atoms with E-state index in [1.807, 2.05) is 0 Å². The third kappa shape index (κ3) is 3.45. The van der Waals surface area contributed by atoms with Gasteiger partial charge < -0.3 is 10.1 Å². The summed E-state index contributed by atoms with van der Waals surface area (Å²) in [6.07, 6.45) is 8.28. The molecule has 78 valence electrons. The largest absolute Gasteiger partial charge is 0.380 e. The average Bonchev–Trinajstić information content (AvgIpc) is 2.59. The van der Waals surface area contributed by atoms with E-state index < -0.39 is 0 Å². The first-order chi connectivity index (χ1) is 5.95. The molecule has 1 aliphatic carbocycles. The van der Waals surface area contributed by atoms with Gasteiger partial charge >= 0.3 is 0 Å². The van der Waals surface area contributed by atoms with Crippen molar-refractivity contribution >= 4 is 12.4 Å². The zero-order chi connectivity index (χ0) is 8.23. The molecule has 1 N–H and O–H groups in total. The van der Waals surface area contributed by atoms with Gasteiger partial charge in [0.15, 0.2) is 0 Å². The van der Waals surface area contributed by atoms with Crippen LogP contribution in [-0.2, 0) is 4.74 Å². The van der Waals surface area contributed by atoms with Crippen molar-refractivity contribution in [2.45, 2.75) is 50.6 Å². The number of halogens is 1. The lowest BCUT2D eigenvalue weighted by molar-refractivity contribution is 0.185. The highest BCUT2D eigenvalue weighted by atomic mass is 35.5. The molecule has 1 atom stereocenters. The van der Waals surface area contributed by atoms with Crippen LogP contribution in [0.15, 0.2) is 0 Å². The minimum absolute atomic E-state index is 0. The van der Waals surface area contributed by atoms with Gasteiger partial charge in [0, 0.05) is 18.7 Å². The van der Waals surface area contributed by atoms with E-state index in [0.29, 0.717) is 6.04 Å². The van der Waals surface area contributed by atoms with Crippen molar-refractivity contribution in [3.63, 3.8) is 0 Å². The normalized spacial score (nSPS) is 30.0. The summed E-state index contributed by atoms with van der Waals surface area (Å²) in [6, 6.07) is 1.46. The molecule has 0 bridgehead atoms. The first kappa shape index (κ1) is 11.3. The summed E-state index contributed by atoms with van der Waals surface area (Å²) >= 11 is 0. The third-order valence-corrected chi connectivity index (χ3v) is 3.01. The number of ether oxygens (including phenoxy) is 1. The Bertz CT molecular complexity index is 131. The van der Waals surface area contributed by atoms with Crippen LogP contribution in [-0.4, -0.2) is 25.3 Å². The molecule has 1 saturated heterocycles. The predicted octanol–water partition coefficient (Wildman–Crippen LogP) is 2.12. The first-order valence-electron chi connectivity index (χ1n) is 5.29. The van der Waals surface area contributed by atoms with Crippen molar-refractivity contribution < 1.29 is 4.74 Å². The van der Waals surface area contributed by atoms with Crippen molar-refractivity contribution in [2.24, 2.45) is 0 Å². The van der Waals surface area contributed by atoms with Gasteiger partial charge in [0.1, 0.15) is 0 Å². The molecular formula is C10H20ClNO. The molecule has 0 aromatic rings. The average molecular weight is 206 g/mol. The Kier molecular flexibility index (Phi) is 5.07. The second-order valence-corrected chi connectivity index (χ2v) is 4.06. The summed E-state index contributed by atoms with van der Waals surface area (Å²) in [5.74, 6) is 0. The number of hydrogen-bond donors (Lipinski definition) is 1. The van der Waals surface area contributed by atoms with Crippen LogP contribution in [0.3, 0.4) is 0 Å². The zero-order valence-electron chi connectivity index (χ0n) is 8.13. The Morgan fingerprint density at radius 2 is 1.69 bits per heavy atom. The Morgan fingerprint density at radius 3 is 2.31 bits per heavy atom. The fraction of sp³-hybridized carbons (Fsp3) is 1.00. The van der Waals surface area contributed by atoms with E-state index in [0.717, 1.165) is 19.3 Å². The number of nitrogens with one attached hydrogen (secondary N) is 1. The Hall–Kier alpha value is 0.210. The fourth-order valence-electron chi connectivity index (χ4n) is 2.27. The number of rotatable bonds is 2. The van der Waals surface area contributed by atoms with Crippen LogP contribution in [0.5, 0.6) is 0 Å². The van der Waals surface area contributed by atoms with Crippen LogP contribution in [0.2, 0.25) is 0 Å². The predicted molar refractivity (Wildman–Crippen MR) is 56.5 cm³/mol. The van der Waals surface area contributed by atoms with Gasteiger partial charge in [-0.15, -0.1) is 12.4 Å². The molecule has 2 nitrogen and oxygen atoms in total. The van der Waals surface area contributed by atoms with Gasteiger partial charge in [0.05, 0.1) is 6.61 Å². The van der Waals surface area contributed by atoms with E-state index in [-0.39, 0.29) is 12.4 Å². The highest BCUT2D eigenvalue weighted by Gasteiger charge is 2.20. The molecule has 2 fully saturated rings. The van der Waals surface area contributed by atoms with Gasteiger partial charge in [-0.25, -0.2) is 0 Å². The van der Waals surface area contributed by atoms with E-state index >= 15 is 0 Å². The smallest absolute Gasteiger partial charge is 0.0620 e. The maximum atomic E-state index is 5.34. The second-order valence-electron chi connectivity index (χ2n) is 4.06. The zero-order valence-corrected chi connectivity index (χ0v) is 8.94. The lowest BCUT2D eigenvalue weighted by Gasteiger charge is -2.25. The summed E-state index contributed by atoms with van der Waals surface area (Å²) in [5, 5.41) is 3.69. The molecule has 3 heteroatoms.